The van der Waals surface area contributed by atoms with E-state index in [1.807, 2.05) is 93.6 Å². The summed E-state index contributed by atoms with van der Waals surface area (Å²) in [6.45, 7) is 10.9. The normalized spacial score (nSPS) is 12.3. The van der Waals surface area contributed by atoms with Crippen LogP contribution in [0.4, 0.5) is 5.82 Å². The number of nitrogens with zero attached hydrogens (tertiary/aromatic N) is 1. The van der Waals surface area contributed by atoms with Crippen molar-refractivity contribution in [3.63, 3.8) is 0 Å². The van der Waals surface area contributed by atoms with Gasteiger partial charge in [0.2, 0.25) is 11.8 Å². The predicted octanol–water partition coefficient (Wildman–Crippen LogP) is 5.28. The van der Waals surface area contributed by atoms with Crippen LogP contribution in [0.2, 0.25) is 0 Å². The smallest absolute Gasteiger partial charge is 0.305 e. The summed E-state index contributed by atoms with van der Waals surface area (Å²) in [5.41, 5.74) is 8.99. The van der Waals surface area contributed by atoms with Gasteiger partial charge in [-0.3, -0.25) is 14.4 Å². The number of aryl methyl sites for hydroxylation is 1. The van der Waals surface area contributed by atoms with Crippen molar-refractivity contribution in [1.29, 1.82) is 0 Å². The fourth-order valence-corrected chi connectivity index (χ4v) is 6.17. The summed E-state index contributed by atoms with van der Waals surface area (Å²) in [5, 5.41) is 20.6. The van der Waals surface area contributed by atoms with E-state index in [9.17, 15) is 19.5 Å². The predicted molar refractivity (Wildman–Crippen MR) is 224 cm³/mol. The number of nitrogens with one attached hydrogen (secondary N) is 3. The van der Waals surface area contributed by atoms with Crippen LogP contribution in [0, 0.1) is 12.8 Å². The first kappa shape index (κ1) is 45.6. The quantitative estimate of drug-likeness (QED) is 0.0468. The molecule has 0 saturated heterocycles. The third-order valence-corrected chi connectivity index (χ3v) is 9.13. The molecule has 0 aliphatic heterocycles. The number of carboxylic acid groups (broad SMARTS) is 1. The van der Waals surface area contributed by atoms with Crippen LogP contribution in [0.15, 0.2) is 79.0 Å². The lowest BCUT2D eigenvalue weighted by atomic mass is 9.95. The van der Waals surface area contributed by atoms with E-state index in [4.69, 9.17) is 29.4 Å². The molecule has 1 aromatic heterocycles. The van der Waals surface area contributed by atoms with Crippen molar-refractivity contribution in [2.45, 2.75) is 52.1 Å². The van der Waals surface area contributed by atoms with Gasteiger partial charge in [-0.05, 0) is 65.1 Å². The van der Waals surface area contributed by atoms with E-state index >= 15 is 0 Å². The van der Waals surface area contributed by atoms with Crippen LogP contribution >= 0.6 is 0 Å². The first-order valence-electron chi connectivity index (χ1n) is 19.9. The van der Waals surface area contributed by atoms with Crippen LogP contribution in [0.5, 0.6) is 5.75 Å². The minimum Gasteiger partial charge on any atom is -0.491 e. The van der Waals surface area contributed by atoms with E-state index in [1.54, 1.807) is 6.20 Å². The summed E-state index contributed by atoms with van der Waals surface area (Å²) in [6.07, 6.45) is 2.16. The molecule has 3 aromatic carbocycles. The molecule has 58 heavy (non-hydrogen) atoms. The van der Waals surface area contributed by atoms with E-state index in [0.29, 0.717) is 84.5 Å². The summed E-state index contributed by atoms with van der Waals surface area (Å²) >= 11 is 0. The second-order valence-corrected chi connectivity index (χ2v) is 14.1. The van der Waals surface area contributed by atoms with Gasteiger partial charge in [0.25, 0.3) is 0 Å². The van der Waals surface area contributed by atoms with Gasteiger partial charge in [0.15, 0.2) is 0 Å². The second-order valence-electron chi connectivity index (χ2n) is 14.1. The Labute approximate surface area is 341 Å². The Morgan fingerprint density at radius 3 is 2.03 bits per heavy atom. The van der Waals surface area contributed by atoms with Gasteiger partial charge < -0.3 is 50.5 Å². The number of hydrogen-bond donors (Lipinski definition) is 5. The molecule has 0 fully saturated rings. The number of benzene rings is 3. The number of amides is 2. The Balaban J connectivity index is 1.28. The summed E-state index contributed by atoms with van der Waals surface area (Å²) in [4.78, 5) is 42.6. The molecule has 0 spiro atoms. The number of ether oxygens (including phenoxy) is 5. The maximum atomic E-state index is 13.5. The van der Waals surface area contributed by atoms with Crippen molar-refractivity contribution in [1.82, 2.24) is 15.6 Å². The highest BCUT2D eigenvalue weighted by Crippen LogP contribution is 2.35. The molecular weight excluding hydrogens is 743 g/mol. The van der Waals surface area contributed by atoms with Gasteiger partial charge in [0, 0.05) is 31.1 Å². The number of aliphatic carboxylic acids is 1. The maximum Gasteiger partial charge on any atom is 0.305 e. The number of carboxylic acids is 1. The highest BCUT2D eigenvalue weighted by molar-refractivity contribution is 6.00. The Morgan fingerprint density at radius 2 is 1.41 bits per heavy atom. The third-order valence-electron chi connectivity index (χ3n) is 9.13. The van der Waals surface area contributed by atoms with Crippen LogP contribution in [-0.4, -0.2) is 106 Å². The van der Waals surface area contributed by atoms with Gasteiger partial charge >= 0.3 is 5.97 Å². The SMILES string of the molecule is Cc1ccnc(NCCCC(=O)N[C@@H](C(=O)N[C@@H](CC(=O)O)c2ccc(-c3ccc(OCCOCCOCCOCCOCCN)c4ccccc34)cc2)C(C)C)c1. The highest BCUT2D eigenvalue weighted by atomic mass is 16.6. The molecule has 1 heterocycles. The zero-order valence-corrected chi connectivity index (χ0v) is 33.9. The van der Waals surface area contributed by atoms with Crippen molar-refractivity contribution in [3.8, 4) is 16.9 Å². The zero-order chi connectivity index (χ0) is 41.5. The Hall–Kier alpha value is -5.12. The van der Waals surface area contributed by atoms with E-state index in [-0.39, 0.29) is 24.7 Å². The van der Waals surface area contributed by atoms with Crippen molar-refractivity contribution >= 4 is 34.4 Å². The standard InChI is InChI=1S/C44H59N5O9/c1-31(2)43(49-41(50)9-6-18-46-40-29-32(3)16-19-47-40)44(53)48-38(30-42(51)52)34-12-10-33(11-13-34)35-14-15-39(37-8-5-4-7-36(35)37)58-28-27-57-26-25-56-24-23-55-22-21-54-20-17-45/h4-5,7-8,10-16,19,29,31,38,43H,6,9,17-18,20-28,30,45H2,1-3H3,(H,46,47)(H,48,53)(H,49,50)(H,51,52)/t38-,43+/m0/s1. The number of aromatic nitrogens is 1. The van der Waals surface area contributed by atoms with E-state index in [1.165, 1.54) is 0 Å². The van der Waals surface area contributed by atoms with E-state index < -0.39 is 24.0 Å². The minimum absolute atomic E-state index is 0.215. The van der Waals surface area contributed by atoms with Gasteiger partial charge in [0.05, 0.1) is 65.3 Å². The molecule has 6 N–H and O–H groups in total. The number of fused-ring (bicyclic) bond motifs is 1. The Morgan fingerprint density at radius 1 is 0.776 bits per heavy atom. The molecule has 0 bridgehead atoms. The average Bonchev–Trinajstić information content (AvgIpc) is 3.21. The summed E-state index contributed by atoms with van der Waals surface area (Å²) < 4.78 is 28.0. The van der Waals surface area contributed by atoms with Crippen LogP contribution < -0.4 is 26.4 Å². The lowest BCUT2D eigenvalue weighted by molar-refractivity contribution is -0.138. The topological polar surface area (TPSA) is 193 Å². The number of carbonyl (C=O) groups excluding carboxylic acids is 2. The molecule has 0 aliphatic carbocycles. The van der Waals surface area contributed by atoms with Gasteiger partial charge in [-0.15, -0.1) is 0 Å². The van der Waals surface area contributed by atoms with Gasteiger partial charge in [-0.2, -0.15) is 0 Å². The number of anilines is 1. The average molecular weight is 802 g/mol. The summed E-state index contributed by atoms with van der Waals surface area (Å²) in [6, 6.07) is 21.6. The monoisotopic (exact) mass is 801 g/mol. The second kappa shape index (κ2) is 25.3. The van der Waals surface area contributed by atoms with Crippen LogP contribution in [0.1, 0.15) is 50.3 Å². The number of carbonyl (C=O) groups is 3. The molecule has 14 nitrogen and oxygen atoms in total. The zero-order valence-electron chi connectivity index (χ0n) is 33.9. The summed E-state index contributed by atoms with van der Waals surface area (Å²) in [5.74, 6) is -0.514. The first-order chi connectivity index (χ1) is 28.2. The molecule has 0 radical (unpaired) electrons. The first-order valence-corrected chi connectivity index (χ1v) is 19.9. The molecule has 14 heteroatoms. The molecule has 2 atom stereocenters. The molecular formula is C44H59N5O9. The van der Waals surface area contributed by atoms with Crippen molar-refractivity contribution in [3.05, 3.63) is 90.1 Å². The largest absolute Gasteiger partial charge is 0.491 e. The molecule has 0 aliphatic rings. The van der Waals surface area contributed by atoms with E-state index in [2.05, 4.69) is 20.9 Å². The van der Waals surface area contributed by atoms with Crippen LogP contribution in [0.25, 0.3) is 21.9 Å². The number of pyridine rings is 1. The fraction of sp³-hybridized carbons (Fsp3) is 0.455. The van der Waals surface area contributed by atoms with Crippen molar-refractivity contribution in [2.75, 3.05) is 77.9 Å². The van der Waals surface area contributed by atoms with Gasteiger partial charge in [-0.25, -0.2) is 4.98 Å². The lowest BCUT2D eigenvalue weighted by Crippen LogP contribution is -2.50. The number of nitrogens with two attached hydrogens (primary N) is 1. The molecule has 0 unspecified atom stereocenters. The van der Waals surface area contributed by atoms with Crippen molar-refractivity contribution in [2.24, 2.45) is 11.7 Å². The molecule has 2 amide bonds. The molecule has 314 valence electrons. The van der Waals surface area contributed by atoms with Gasteiger partial charge in [0.1, 0.15) is 24.2 Å². The minimum atomic E-state index is -1.06. The summed E-state index contributed by atoms with van der Waals surface area (Å²) in [7, 11) is 0. The maximum absolute atomic E-state index is 13.5. The fourth-order valence-electron chi connectivity index (χ4n) is 6.17. The third kappa shape index (κ3) is 15.7. The van der Waals surface area contributed by atoms with Crippen LogP contribution in [0.3, 0.4) is 0 Å². The lowest BCUT2D eigenvalue weighted by Gasteiger charge is -2.25. The Kier molecular flexibility index (Phi) is 19.9. The van der Waals surface area contributed by atoms with Gasteiger partial charge in [-0.1, -0.05) is 68.4 Å². The molecule has 4 rings (SSSR count). The van der Waals surface area contributed by atoms with Crippen LogP contribution in [-0.2, 0) is 33.3 Å². The molecule has 0 saturated carbocycles. The number of hydrogen-bond acceptors (Lipinski definition) is 11. The Bertz CT molecular complexity index is 1860. The highest BCUT2D eigenvalue weighted by Gasteiger charge is 2.27. The number of rotatable bonds is 28. The van der Waals surface area contributed by atoms with Crippen molar-refractivity contribution < 1.29 is 43.2 Å². The van der Waals surface area contributed by atoms with E-state index in [0.717, 1.165) is 39.0 Å². The molecule has 4 aromatic rings.